The molecule has 10 heteroatoms. The molecular weight excluding hydrogens is 483 g/mol. The second kappa shape index (κ2) is 11.7. The molecule has 0 radical (unpaired) electrons. The van der Waals surface area contributed by atoms with E-state index >= 15 is 0 Å². The fourth-order valence-electron chi connectivity index (χ4n) is 3.48. The third kappa shape index (κ3) is 6.21. The SMILES string of the molecule is COc1ccc(CNSc2cc(NC(=O)Cc3ccccc3F)ccc2-c2nnc(C)o2)c(OC)c1. The van der Waals surface area contributed by atoms with Crippen molar-refractivity contribution in [3.05, 3.63) is 83.5 Å². The summed E-state index contributed by atoms with van der Waals surface area (Å²) >= 11 is 1.35. The van der Waals surface area contributed by atoms with Crippen molar-refractivity contribution < 1.29 is 23.1 Å². The molecule has 0 saturated carbocycles. The summed E-state index contributed by atoms with van der Waals surface area (Å²) in [4.78, 5) is 13.3. The van der Waals surface area contributed by atoms with Gasteiger partial charge in [0.2, 0.25) is 17.7 Å². The van der Waals surface area contributed by atoms with Gasteiger partial charge in [0.05, 0.1) is 26.2 Å². The molecule has 0 aliphatic rings. The van der Waals surface area contributed by atoms with Gasteiger partial charge in [-0.15, -0.1) is 10.2 Å². The molecule has 2 N–H and O–H groups in total. The Hall–Kier alpha value is -3.89. The highest BCUT2D eigenvalue weighted by Crippen LogP contribution is 2.33. The first kappa shape index (κ1) is 25.2. The van der Waals surface area contributed by atoms with Gasteiger partial charge >= 0.3 is 0 Å². The van der Waals surface area contributed by atoms with E-state index < -0.39 is 5.82 Å². The molecule has 0 atom stereocenters. The molecule has 1 heterocycles. The molecule has 36 heavy (non-hydrogen) atoms. The molecule has 4 rings (SSSR count). The van der Waals surface area contributed by atoms with Crippen LogP contribution in [-0.2, 0) is 17.8 Å². The number of methoxy groups -OCH3 is 2. The predicted octanol–water partition coefficient (Wildman–Crippen LogP) is 5.18. The Labute approximate surface area is 212 Å². The number of carbonyl (C=O) groups excluding carboxylic acids is 1. The van der Waals surface area contributed by atoms with Crippen LogP contribution in [0.5, 0.6) is 11.5 Å². The third-order valence-electron chi connectivity index (χ3n) is 5.27. The highest BCUT2D eigenvalue weighted by molar-refractivity contribution is 7.97. The number of hydrogen-bond acceptors (Lipinski definition) is 8. The minimum Gasteiger partial charge on any atom is -0.497 e. The molecule has 0 saturated heterocycles. The van der Waals surface area contributed by atoms with Gasteiger partial charge in [-0.2, -0.15) is 0 Å². The predicted molar refractivity (Wildman–Crippen MR) is 135 cm³/mol. The lowest BCUT2D eigenvalue weighted by atomic mass is 10.1. The summed E-state index contributed by atoms with van der Waals surface area (Å²) in [6.07, 6.45) is -0.0741. The Morgan fingerprint density at radius 3 is 2.58 bits per heavy atom. The van der Waals surface area contributed by atoms with Gasteiger partial charge < -0.3 is 19.2 Å². The summed E-state index contributed by atoms with van der Waals surface area (Å²) in [6, 6.07) is 17.2. The first-order chi connectivity index (χ1) is 17.5. The summed E-state index contributed by atoms with van der Waals surface area (Å²) in [5, 5.41) is 10.9. The number of aryl methyl sites for hydroxylation is 1. The molecular formula is C26H25FN4O4S. The Balaban J connectivity index is 1.51. The zero-order valence-electron chi connectivity index (χ0n) is 20.0. The van der Waals surface area contributed by atoms with Crippen LogP contribution >= 0.6 is 11.9 Å². The molecule has 4 aromatic rings. The van der Waals surface area contributed by atoms with Crippen LogP contribution in [0.3, 0.4) is 0 Å². The maximum Gasteiger partial charge on any atom is 0.248 e. The maximum absolute atomic E-state index is 13.9. The first-order valence-electron chi connectivity index (χ1n) is 11.0. The number of rotatable bonds is 10. The van der Waals surface area contributed by atoms with Crippen LogP contribution in [0.4, 0.5) is 10.1 Å². The van der Waals surface area contributed by atoms with E-state index in [2.05, 4.69) is 20.2 Å². The zero-order valence-corrected chi connectivity index (χ0v) is 20.8. The van der Waals surface area contributed by atoms with E-state index in [9.17, 15) is 9.18 Å². The fourth-order valence-corrected chi connectivity index (χ4v) is 4.31. The van der Waals surface area contributed by atoms with Crippen molar-refractivity contribution in [2.75, 3.05) is 19.5 Å². The number of ether oxygens (including phenoxy) is 2. The number of halogens is 1. The third-order valence-corrected chi connectivity index (χ3v) is 6.12. The van der Waals surface area contributed by atoms with Gasteiger partial charge in [0.25, 0.3) is 0 Å². The number of amides is 1. The lowest BCUT2D eigenvalue weighted by molar-refractivity contribution is -0.115. The second-order valence-electron chi connectivity index (χ2n) is 7.75. The number of aromatic nitrogens is 2. The van der Waals surface area contributed by atoms with Crippen LogP contribution in [0.25, 0.3) is 11.5 Å². The molecule has 0 unspecified atom stereocenters. The van der Waals surface area contributed by atoms with Crippen molar-refractivity contribution in [1.82, 2.24) is 14.9 Å². The van der Waals surface area contributed by atoms with Crippen LogP contribution in [0, 0.1) is 12.7 Å². The molecule has 0 aliphatic heterocycles. The maximum atomic E-state index is 13.9. The Morgan fingerprint density at radius 1 is 1.03 bits per heavy atom. The summed E-state index contributed by atoms with van der Waals surface area (Å²) in [5.74, 6) is 1.47. The summed E-state index contributed by atoms with van der Waals surface area (Å²) in [5.41, 5.74) is 2.54. The Morgan fingerprint density at radius 2 is 1.86 bits per heavy atom. The summed E-state index contributed by atoms with van der Waals surface area (Å²) < 4.78 is 33.6. The highest BCUT2D eigenvalue weighted by atomic mass is 32.2. The van der Waals surface area contributed by atoms with Gasteiger partial charge in [-0.1, -0.05) is 24.3 Å². The van der Waals surface area contributed by atoms with Gasteiger partial charge in [0.15, 0.2) is 0 Å². The number of carbonyl (C=O) groups is 1. The largest absolute Gasteiger partial charge is 0.497 e. The standard InChI is InChI=1S/C26H25FN4O4S/c1-16-30-31-26(35-16)21-11-9-19(29-25(32)12-17-6-4-5-7-22(17)27)13-24(21)36-28-15-18-8-10-20(33-2)14-23(18)34-3/h4-11,13-14,28H,12,15H2,1-3H3,(H,29,32). The van der Waals surface area contributed by atoms with Gasteiger partial charge in [0, 0.05) is 35.7 Å². The highest BCUT2D eigenvalue weighted by Gasteiger charge is 2.15. The van der Waals surface area contributed by atoms with Crippen LogP contribution in [0.15, 0.2) is 70.0 Å². The van der Waals surface area contributed by atoms with Crippen molar-refractivity contribution in [2.45, 2.75) is 24.8 Å². The van der Waals surface area contributed by atoms with Gasteiger partial charge in [-0.05, 0) is 47.8 Å². The van der Waals surface area contributed by atoms with Crippen LogP contribution < -0.4 is 19.5 Å². The number of hydrogen-bond donors (Lipinski definition) is 2. The molecule has 8 nitrogen and oxygen atoms in total. The number of nitrogens with zero attached hydrogens (tertiary/aromatic N) is 2. The van der Waals surface area contributed by atoms with E-state index in [-0.39, 0.29) is 12.3 Å². The molecule has 0 spiro atoms. The minimum absolute atomic E-state index is 0.0741. The van der Waals surface area contributed by atoms with E-state index in [1.165, 1.54) is 18.0 Å². The number of benzene rings is 3. The number of anilines is 1. The summed E-state index contributed by atoms with van der Waals surface area (Å²) in [7, 11) is 3.21. The zero-order chi connectivity index (χ0) is 25.5. The average Bonchev–Trinajstić information content (AvgIpc) is 3.31. The fraction of sp³-hybridized carbons (Fsp3) is 0.192. The topological polar surface area (TPSA) is 98.5 Å². The van der Waals surface area contributed by atoms with Crippen molar-refractivity contribution in [2.24, 2.45) is 0 Å². The van der Waals surface area contributed by atoms with Crippen molar-refractivity contribution in [1.29, 1.82) is 0 Å². The molecule has 3 aromatic carbocycles. The van der Waals surface area contributed by atoms with E-state index in [0.717, 1.165) is 10.5 Å². The molecule has 1 amide bonds. The summed E-state index contributed by atoms with van der Waals surface area (Å²) in [6.45, 7) is 2.21. The Bertz CT molecular complexity index is 1360. The molecule has 186 valence electrons. The molecule has 0 fully saturated rings. The van der Waals surface area contributed by atoms with Gasteiger partial charge in [0.1, 0.15) is 17.3 Å². The normalized spacial score (nSPS) is 10.8. The molecule has 0 bridgehead atoms. The van der Waals surface area contributed by atoms with Crippen LogP contribution in [0.1, 0.15) is 17.0 Å². The van der Waals surface area contributed by atoms with Gasteiger partial charge in [-0.25, -0.2) is 4.39 Å². The average molecular weight is 509 g/mol. The minimum atomic E-state index is -0.413. The first-order valence-corrected chi connectivity index (χ1v) is 11.9. The van der Waals surface area contributed by atoms with Crippen molar-refractivity contribution in [3.63, 3.8) is 0 Å². The number of nitrogens with one attached hydrogen (secondary N) is 2. The van der Waals surface area contributed by atoms with Crippen molar-refractivity contribution in [3.8, 4) is 23.0 Å². The quantitative estimate of drug-likeness (QED) is 0.283. The monoisotopic (exact) mass is 508 g/mol. The second-order valence-corrected chi connectivity index (χ2v) is 8.69. The van der Waals surface area contributed by atoms with Crippen LogP contribution in [-0.4, -0.2) is 30.3 Å². The van der Waals surface area contributed by atoms with Gasteiger partial charge in [-0.3, -0.25) is 9.52 Å². The van der Waals surface area contributed by atoms with E-state index in [1.807, 2.05) is 18.2 Å². The van der Waals surface area contributed by atoms with Crippen LogP contribution in [0.2, 0.25) is 0 Å². The smallest absolute Gasteiger partial charge is 0.248 e. The Kier molecular flexibility index (Phi) is 8.19. The van der Waals surface area contributed by atoms with E-state index in [0.29, 0.717) is 46.6 Å². The lowest BCUT2D eigenvalue weighted by Crippen LogP contribution is -2.15. The van der Waals surface area contributed by atoms with E-state index in [1.54, 1.807) is 57.5 Å². The lowest BCUT2D eigenvalue weighted by Gasteiger charge is -2.13. The molecule has 0 aliphatic carbocycles. The van der Waals surface area contributed by atoms with E-state index in [4.69, 9.17) is 13.9 Å². The molecule has 1 aromatic heterocycles. The van der Waals surface area contributed by atoms with Crippen molar-refractivity contribution >= 4 is 23.5 Å².